The van der Waals surface area contributed by atoms with Crippen LogP contribution in [-0.4, -0.2) is 50.2 Å². The maximum atomic E-state index is 10.7. The van der Waals surface area contributed by atoms with Crippen LogP contribution in [0.25, 0.3) is 0 Å². The average molecular weight is 240 g/mol. The topological polar surface area (TPSA) is 66.4 Å². The van der Waals surface area contributed by atoms with Gasteiger partial charge in [0.15, 0.2) is 6.10 Å². The number of carboxylic acids is 1. The summed E-state index contributed by atoms with van der Waals surface area (Å²) in [5.74, 6) is -1.67. The Balaban J connectivity index is 0. The van der Waals surface area contributed by atoms with Crippen LogP contribution in [0, 0.1) is 0 Å². The zero-order valence-corrected chi connectivity index (χ0v) is 10.3. The Morgan fingerprint density at radius 2 is 1.80 bits per heavy atom. The summed E-state index contributed by atoms with van der Waals surface area (Å²) in [6.45, 7) is 1.71. The van der Waals surface area contributed by atoms with E-state index < -0.39 is 18.0 Å². The first kappa shape index (κ1) is 16.6. The van der Waals surface area contributed by atoms with Gasteiger partial charge in [-0.15, -0.1) is 12.4 Å². The molecule has 0 aromatic rings. The number of esters is 1. The number of halogens is 1. The van der Waals surface area contributed by atoms with Crippen molar-refractivity contribution in [3.8, 4) is 0 Å². The first-order chi connectivity index (χ1) is 6.20. The first-order valence-corrected chi connectivity index (χ1v) is 4.38. The minimum atomic E-state index is -1.20. The van der Waals surface area contributed by atoms with Gasteiger partial charge in [-0.25, -0.2) is 0 Å². The van der Waals surface area contributed by atoms with E-state index in [1.54, 1.807) is 0 Å². The third kappa shape index (κ3) is 11.1. The number of carbonyl (C=O) groups is 2. The smallest absolute Gasteiger partial charge is 0.303 e. The highest BCUT2D eigenvalue weighted by molar-refractivity contribution is 5.85. The van der Waals surface area contributed by atoms with Gasteiger partial charge in [0.05, 0.1) is 21.1 Å². The van der Waals surface area contributed by atoms with Crippen molar-refractivity contribution < 1.29 is 23.9 Å². The van der Waals surface area contributed by atoms with Gasteiger partial charge in [0.1, 0.15) is 6.54 Å². The molecule has 0 N–H and O–H groups in total. The number of quaternary nitrogens is 1. The summed E-state index contributed by atoms with van der Waals surface area (Å²) in [5, 5.41) is 10.4. The molecule has 0 spiro atoms. The first-order valence-electron chi connectivity index (χ1n) is 4.38. The van der Waals surface area contributed by atoms with Gasteiger partial charge >= 0.3 is 5.97 Å². The fourth-order valence-corrected chi connectivity index (χ4v) is 1.17. The van der Waals surface area contributed by atoms with Gasteiger partial charge < -0.3 is 19.1 Å². The van der Waals surface area contributed by atoms with E-state index in [1.165, 1.54) is 6.92 Å². The van der Waals surface area contributed by atoms with Crippen molar-refractivity contribution >= 4 is 24.3 Å². The fourth-order valence-electron chi connectivity index (χ4n) is 1.17. The minimum absolute atomic E-state index is 0. The summed E-state index contributed by atoms with van der Waals surface area (Å²) < 4.78 is 5.39. The monoisotopic (exact) mass is 239 g/mol. The van der Waals surface area contributed by atoms with Gasteiger partial charge in [-0.3, -0.25) is 4.79 Å². The standard InChI is InChI=1S/C9H17NO4.ClH/c1-7(11)14-8(5-9(12)13)6-10(2,3)4;/h8H,5-6H2,1-4H3;1H. The van der Waals surface area contributed by atoms with Crippen molar-refractivity contribution in [3.05, 3.63) is 0 Å². The van der Waals surface area contributed by atoms with Crippen molar-refractivity contribution in [1.29, 1.82) is 0 Å². The zero-order chi connectivity index (χ0) is 11.4. The van der Waals surface area contributed by atoms with Crippen molar-refractivity contribution in [2.24, 2.45) is 0 Å². The molecule has 0 fully saturated rings. The number of aliphatic carboxylic acids is 1. The van der Waals surface area contributed by atoms with Gasteiger partial charge in [-0.1, -0.05) is 0 Å². The van der Waals surface area contributed by atoms with Crippen LogP contribution in [0.5, 0.6) is 0 Å². The molecular formula is C9H18ClNO4. The summed E-state index contributed by atoms with van der Waals surface area (Å²) in [5.41, 5.74) is 0. The molecule has 0 rings (SSSR count). The van der Waals surface area contributed by atoms with E-state index in [0.717, 1.165) is 0 Å². The molecule has 1 atom stereocenters. The molecule has 0 aliphatic rings. The molecule has 0 heterocycles. The highest BCUT2D eigenvalue weighted by Gasteiger charge is 2.20. The molecule has 5 nitrogen and oxygen atoms in total. The SMILES string of the molecule is CC(=O)OC(CC(=O)[O-])C[N+](C)(C)C.Cl. The molecule has 0 bridgehead atoms. The maximum Gasteiger partial charge on any atom is 0.303 e. The lowest BCUT2D eigenvalue weighted by atomic mass is 10.2. The summed E-state index contributed by atoms with van der Waals surface area (Å²) in [6.07, 6.45) is -0.868. The van der Waals surface area contributed by atoms with E-state index >= 15 is 0 Å². The minimum Gasteiger partial charge on any atom is -0.550 e. The molecule has 0 aromatic carbocycles. The van der Waals surface area contributed by atoms with Crippen LogP contribution < -0.4 is 5.11 Å². The Labute approximate surface area is 96.0 Å². The van der Waals surface area contributed by atoms with E-state index in [2.05, 4.69) is 0 Å². The summed E-state index contributed by atoms with van der Waals surface area (Å²) in [6, 6.07) is 0. The Morgan fingerprint density at radius 3 is 2.07 bits per heavy atom. The Morgan fingerprint density at radius 1 is 1.33 bits per heavy atom. The predicted octanol–water partition coefficient (Wildman–Crippen LogP) is -0.814. The van der Waals surface area contributed by atoms with Crippen LogP contribution in [-0.2, 0) is 14.3 Å². The van der Waals surface area contributed by atoms with Crippen molar-refractivity contribution in [2.45, 2.75) is 19.4 Å². The maximum absolute atomic E-state index is 10.7. The van der Waals surface area contributed by atoms with E-state index in [1.807, 2.05) is 21.1 Å². The third-order valence-electron chi connectivity index (χ3n) is 1.48. The van der Waals surface area contributed by atoms with Crippen LogP contribution in [0.4, 0.5) is 0 Å². The lowest BCUT2D eigenvalue weighted by molar-refractivity contribution is -0.873. The molecule has 1 unspecified atom stereocenters. The largest absolute Gasteiger partial charge is 0.550 e. The molecule has 90 valence electrons. The normalized spacial score (nSPS) is 12.5. The van der Waals surface area contributed by atoms with E-state index in [4.69, 9.17) is 4.74 Å². The number of ether oxygens (including phenoxy) is 1. The van der Waals surface area contributed by atoms with E-state index in [-0.39, 0.29) is 18.8 Å². The molecule has 0 aromatic heterocycles. The van der Waals surface area contributed by atoms with Crippen LogP contribution >= 0.6 is 12.4 Å². The Hall–Kier alpha value is -0.810. The van der Waals surface area contributed by atoms with Crippen LogP contribution in [0.15, 0.2) is 0 Å². The number of nitrogens with zero attached hydrogens (tertiary/aromatic N) is 1. The Kier molecular flexibility index (Phi) is 7.35. The number of likely N-dealkylation sites (N-methyl/N-ethyl adjacent to an activating group) is 1. The van der Waals surface area contributed by atoms with Crippen LogP contribution in [0.1, 0.15) is 13.3 Å². The molecule has 0 radical (unpaired) electrons. The lowest BCUT2D eigenvalue weighted by Crippen LogP contribution is -2.45. The molecule has 15 heavy (non-hydrogen) atoms. The number of rotatable bonds is 5. The molecular weight excluding hydrogens is 222 g/mol. The molecule has 0 aliphatic carbocycles. The van der Waals surface area contributed by atoms with Gasteiger partial charge in [-0.05, 0) is 0 Å². The second-order valence-corrected chi connectivity index (χ2v) is 4.28. The Bertz CT molecular complexity index is 209. The third-order valence-corrected chi connectivity index (χ3v) is 1.48. The average Bonchev–Trinajstić information content (AvgIpc) is 1.77. The predicted molar refractivity (Wildman–Crippen MR) is 55.3 cm³/mol. The molecule has 0 aliphatic heterocycles. The van der Waals surface area contributed by atoms with Gasteiger partial charge in [0.25, 0.3) is 0 Å². The van der Waals surface area contributed by atoms with Crippen LogP contribution in [0.3, 0.4) is 0 Å². The fraction of sp³-hybridized carbons (Fsp3) is 0.778. The highest BCUT2D eigenvalue weighted by Crippen LogP contribution is 2.04. The van der Waals surface area contributed by atoms with Gasteiger partial charge in [-0.2, -0.15) is 0 Å². The summed E-state index contributed by atoms with van der Waals surface area (Å²) in [4.78, 5) is 21.0. The molecule has 6 heteroatoms. The number of carboxylic acid groups (broad SMARTS) is 1. The van der Waals surface area contributed by atoms with E-state index in [0.29, 0.717) is 11.0 Å². The van der Waals surface area contributed by atoms with E-state index in [9.17, 15) is 14.7 Å². The zero-order valence-electron chi connectivity index (χ0n) is 9.48. The lowest BCUT2D eigenvalue weighted by Gasteiger charge is -2.28. The highest BCUT2D eigenvalue weighted by atomic mass is 35.5. The molecule has 0 saturated heterocycles. The number of hydrogen-bond donors (Lipinski definition) is 0. The number of carbonyl (C=O) groups excluding carboxylic acids is 2. The van der Waals surface area contributed by atoms with Crippen molar-refractivity contribution in [3.63, 3.8) is 0 Å². The van der Waals surface area contributed by atoms with Crippen LogP contribution in [0.2, 0.25) is 0 Å². The van der Waals surface area contributed by atoms with Crippen molar-refractivity contribution in [1.82, 2.24) is 0 Å². The number of hydrogen-bond acceptors (Lipinski definition) is 4. The summed E-state index contributed by atoms with van der Waals surface area (Å²) in [7, 11) is 5.68. The second kappa shape index (κ2) is 6.63. The summed E-state index contributed by atoms with van der Waals surface area (Å²) >= 11 is 0. The van der Waals surface area contributed by atoms with Gasteiger partial charge in [0.2, 0.25) is 0 Å². The quantitative estimate of drug-likeness (QED) is 0.465. The molecule has 0 saturated carbocycles. The van der Waals surface area contributed by atoms with Gasteiger partial charge in [0, 0.05) is 19.3 Å². The molecule has 0 amide bonds. The van der Waals surface area contributed by atoms with Crippen molar-refractivity contribution in [2.75, 3.05) is 27.7 Å². The second-order valence-electron chi connectivity index (χ2n) is 4.28.